The summed E-state index contributed by atoms with van der Waals surface area (Å²) >= 11 is 0. The second-order valence-electron chi connectivity index (χ2n) is 4.63. The van der Waals surface area contributed by atoms with Crippen LogP contribution in [0.3, 0.4) is 0 Å². The third kappa shape index (κ3) is 3.71. The molecule has 16 heavy (non-hydrogen) atoms. The Hall–Kier alpha value is -0.130. The van der Waals surface area contributed by atoms with E-state index in [4.69, 9.17) is 4.74 Å². The van der Waals surface area contributed by atoms with Gasteiger partial charge in [-0.2, -0.15) is 0 Å². The quantitative estimate of drug-likeness (QED) is 0.762. The molecule has 0 heterocycles. The minimum absolute atomic E-state index is 0.107. The molecular formula is C11H23NO3S. The molecule has 5 heteroatoms. The van der Waals surface area contributed by atoms with E-state index in [2.05, 4.69) is 12.2 Å². The maximum atomic E-state index is 11.6. The molecule has 0 saturated heterocycles. The minimum Gasteiger partial charge on any atom is -0.383 e. The van der Waals surface area contributed by atoms with Gasteiger partial charge in [0.25, 0.3) is 0 Å². The molecule has 0 aliphatic heterocycles. The van der Waals surface area contributed by atoms with E-state index in [1.165, 1.54) is 6.26 Å². The van der Waals surface area contributed by atoms with E-state index in [1.54, 1.807) is 7.11 Å². The highest BCUT2D eigenvalue weighted by atomic mass is 32.2. The Bertz CT molecular complexity index is 302. The summed E-state index contributed by atoms with van der Waals surface area (Å²) < 4.78 is 28.3. The van der Waals surface area contributed by atoms with Crippen molar-refractivity contribution in [2.75, 3.05) is 20.0 Å². The van der Waals surface area contributed by atoms with Crippen LogP contribution in [0.25, 0.3) is 0 Å². The topological polar surface area (TPSA) is 55.4 Å². The van der Waals surface area contributed by atoms with Gasteiger partial charge in [-0.25, -0.2) is 8.42 Å². The van der Waals surface area contributed by atoms with Crippen molar-refractivity contribution in [2.45, 2.75) is 49.9 Å². The molecule has 0 spiro atoms. The van der Waals surface area contributed by atoms with Gasteiger partial charge in [-0.1, -0.05) is 13.3 Å². The summed E-state index contributed by atoms with van der Waals surface area (Å²) in [5.41, 5.74) is 0. The molecule has 1 rings (SSSR count). The molecule has 0 radical (unpaired) electrons. The number of ether oxygens (including phenoxy) is 1. The Morgan fingerprint density at radius 2 is 2.12 bits per heavy atom. The minimum atomic E-state index is -2.92. The van der Waals surface area contributed by atoms with Crippen LogP contribution in [0.4, 0.5) is 0 Å². The zero-order valence-corrected chi connectivity index (χ0v) is 11.2. The van der Waals surface area contributed by atoms with Crippen molar-refractivity contribution in [3.05, 3.63) is 0 Å². The fraction of sp³-hybridized carbons (Fsp3) is 1.00. The molecule has 1 fully saturated rings. The van der Waals surface area contributed by atoms with Gasteiger partial charge < -0.3 is 10.1 Å². The van der Waals surface area contributed by atoms with E-state index in [1.807, 2.05) is 0 Å². The lowest BCUT2D eigenvalue weighted by Gasteiger charge is -2.25. The van der Waals surface area contributed by atoms with E-state index in [9.17, 15) is 8.42 Å². The highest BCUT2D eigenvalue weighted by molar-refractivity contribution is 7.91. The third-order valence-electron chi connectivity index (χ3n) is 3.31. The molecular weight excluding hydrogens is 226 g/mol. The summed E-state index contributed by atoms with van der Waals surface area (Å²) in [5.74, 6) is 0. The Labute approximate surface area is 98.7 Å². The molecule has 1 saturated carbocycles. The molecule has 96 valence electrons. The van der Waals surface area contributed by atoms with Gasteiger partial charge in [0.1, 0.15) is 0 Å². The van der Waals surface area contributed by atoms with Crippen molar-refractivity contribution in [1.82, 2.24) is 5.32 Å². The van der Waals surface area contributed by atoms with E-state index in [0.29, 0.717) is 6.61 Å². The van der Waals surface area contributed by atoms with Gasteiger partial charge in [0.2, 0.25) is 0 Å². The largest absolute Gasteiger partial charge is 0.383 e. The predicted octanol–water partition coefficient (Wildman–Crippen LogP) is 0.967. The number of hydrogen-bond donors (Lipinski definition) is 1. The summed E-state index contributed by atoms with van der Waals surface area (Å²) in [5, 5.41) is 3.21. The normalized spacial score (nSPS) is 28.2. The summed E-state index contributed by atoms with van der Waals surface area (Å²) in [6.45, 7) is 2.73. The molecule has 0 aromatic heterocycles. The van der Waals surface area contributed by atoms with E-state index in [0.717, 1.165) is 25.7 Å². The van der Waals surface area contributed by atoms with Crippen molar-refractivity contribution in [2.24, 2.45) is 0 Å². The fourth-order valence-corrected chi connectivity index (χ4v) is 3.82. The maximum absolute atomic E-state index is 11.6. The van der Waals surface area contributed by atoms with Gasteiger partial charge in [-0.15, -0.1) is 0 Å². The summed E-state index contributed by atoms with van der Waals surface area (Å²) in [4.78, 5) is 0. The first-order valence-electron chi connectivity index (χ1n) is 5.92. The average molecular weight is 249 g/mol. The van der Waals surface area contributed by atoms with Crippen LogP contribution in [0, 0.1) is 0 Å². The molecule has 4 nitrogen and oxygen atoms in total. The van der Waals surface area contributed by atoms with Gasteiger partial charge in [-0.3, -0.25) is 0 Å². The molecule has 0 aromatic carbocycles. The second-order valence-corrected chi connectivity index (χ2v) is 6.90. The van der Waals surface area contributed by atoms with Crippen LogP contribution >= 0.6 is 0 Å². The van der Waals surface area contributed by atoms with E-state index >= 15 is 0 Å². The summed E-state index contributed by atoms with van der Waals surface area (Å²) in [6.07, 6.45) is 5.05. The monoisotopic (exact) mass is 249 g/mol. The average Bonchev–Trinajstić information content (AvgIpc) is 2.64. The number of nitrogens with one attached hydrogen (secondary N) is 1. The molecule has 1 aliphatic rings. The molecule has 3 atom stereocenters. The van der Waals surface area contributed by atoms with E-state index in [-0.39, 0.29) is 17.3 Å². The van der Waals surface area contributed by atoms with Crippen molar-refractivity contribution < 1.29 is 13.2 Å². The predicted molar refractivity (Wildman–Crippen MR) is 65.4 cm³/mol. The highest BCUT2D eigenvalue weighted by Gasteiger charge is 2.35. The van der Waals surface area contributed by atoms with Gasteiger partial charge in [0.05, 0.1) is 11.9 Å². The van der Waals surface area contributed by atoms with Crippen LogP contribution in [0.5, 0.6) is 0 Å². The van der Waals surface area contributed by atoms with Crippen molar-refractivity contribution in [3.8, 4) is 0 Å². The Balaban J connectivity index is 2.58. The highest BCUT2D eigenvalue weighted by Crippen LogP contribution is 2.25. The first-order valence-corrected chi connectivity index (χ1v) is 7.88. The molecule has 0 amide bonds. The Kier molecular flexibility index (Phi) is 5.21. The first kappa shape index (κ1) is 13.9. The third-order valence-corrected chi connectivity index (χ3v) is 4.98. The van der Waals surface area contributed by atoms with Crippen LogP contribution in [-0.4, -0.2) is 45.7 Å². The molecule has 0 aromatic rings. The lowest BCUT2D eigenvalue weighted by molar-refractivity contribution is 0.158. The van der Waals surface area contributed by atoms with Gasteiger partial charge in [0.15, 0.2) is 9.84 Å². The number of hydrogen-bond acceptors (Lipinski definition) is 4. The number of sulfone groups is 1. The molecule has 1 N–H and O–H groups in total. The lowest BCUT2D eigenvalue weighted by atomic mass is 10.1. The molecule has 0 bridgehead atoms. The zero-order valence-electron chi connectivity index (χ0n) is 10.4. The molecule has 1 aliphatic carbocycles. The van der Waals surface area contributed by atoms with Crippen LogP contribution in [0.2, 0.25) is 0 Å². The van der Waals surface area contributed by atoms with Gasteiger partial charge in [0, 0.05) is 25.4 Å². The van der Waals surface area contributed by atoms with E-state index < -0.39 is 9.84 Å². The SMILES string of the molecule is CCC(COC)NC1CCCC1S(C)(=O)=O. The fourth-order valence-electron chi connectivity index (χ4n) is 2.42. The summed E-state index contributed by atoms with van der Waals surface area (Å²) in [7, 11) is -1.25. The Morgan fingerprint density at radius 1 is 1.44 bits per heavy atom. The van der Waals surface area contributed by atoms with Crippen molar-refractivity contribution in [3.63, 3.8) is 0 Å². The van der Waals surface area contributed by atoms with Crippen molar-refractivity contribution in [1.29, 1.82) is 0 Å². The zero-order chi connectivity index (χ0) is 12.2. The smallest absolute Gasteiger partial charge is 0.151 e. The van der Waals surface area contributed by atoms with Crippen LogP contribution in [-0.2, 0) is 14.6 Å². The standard InChI is InChI=1S/C11H23NO3S/c1-4-9(8-15-2)12-10-6-5-7-11(10)16(3,13)14/h9-12H,4-8H2,1-3H3. The van der Waals surface area contributed by atoms with Crippen LogP contribution < -0.4 is 5.32 Å². The molecule has 3 unspecified atom stereocenters. The second kappa shape index (κ2) is 5.98. The maximum Gasteiger partial charge on any atom is 0.151 e. The van der Waals surface area contributed by atoms with Crippen molar-refractivity contribution >= 4 is 9.84 Å². The van der Waals surface area contributed by atoms with Gasteiger partial charge >= 0.3 is 0 Å². The van der Waals surface area contributed by atoms with Gasteiger partial charge in [-0.05, 0) is 19.3 Å². The Morgan fingerprint density at radius 3 is 2.62 bits per heavy atom. The van der Waals surface area contributed by atoms with Crippen LogP contribution in [0.1, 0.15) is 32.6 Å². The van der Waals surface area contributed by atoms with Crippen LogP contribution in [0.15, 0.2) is 0 Å². The summed E-state index contributed by atoms with van der Waals surface area (Å²) in [6, 6.07) is 0.368. The number of methoxy groups -OCH3 is 1. The first-order chi connectivity index (χ1) is 7.49. The lowest BCUT2D eigenvalue weighted by Crippen LogP contribution is -2.46. The number of rotatable bonds is 6.